The molecule has 1 aliphatic heterocycles. The molecule has 1 aliphatic rings. The van der Waals surface area contributed by atoms with Gasteiger partial charge in [0.05, 0.1) is 12.2 Å². The fraction of sp³-hybridized carbons (Fsp3) is 0.818. The zero-order valence-corrected chi connectivity index (χ0v) is 13.3. The van der Waals surface area contributed by atoms with E-state index in [2.05, 4.69) is 4.18 Å². The smallest absolute Gasteiger partial charge is 0.383 e. The van der Waals surface area contributed by atoms with E-state index in [1.807, 2.05) is 0 Å². The number of hydrogen-bond donors (Lipinski definition) is 0. The molecule has 1 rings (SSSR count). The number of alkyl halides is 9. The first-order chi connectivity index (χ1) is 10.8. The summed E-state index contributed by atoms with van der Waals surface area (Å²) in [5.74, 6) is -15.5. The largest absolute Gasteiger partial charge is 0.460 e. The van der Waals surface area contributed by atoms with Crippen LogP contribution in [0.5, 0.6) is 0 Å². The Bertz CT molecular complexity index is 649. The van der Waals surface area contributed by atoms with E-state index in [1.165, 1.54) is 13.8 Å². The Morgan fingerprint density at radius 3 is 1.88 bits per heavy atom. The van der Waals surface area contributed by atoms with Gasteiger partial charge in [0.2, 0.25) is 0 Å². The first-order valence-electron chi connectivity index (χ1n) is 6.28. The van der Waals surface area contributed by atoms with Crippen molar-refractivity contribution in [2.75, 3.05) is 6.61 Å². The number of hydrogen-bond acceptors (Lipinski definition) is 4. The quantitative estimate of drug-likeness (QED) is 0.511. The normalized spacial score (nSPS) is 20.2. The Kier molecular flexibility index (Phi) is 5.18. The lowest BCUT2D eigenvalue weighted by Gasteiger charge is -2.33. The minimum absolute atomic E-state index is 0.297. The summed E-state index contributed by atoms with van der Waals surface area (Å²) >= 11 is 0. The monoisotopic (exact) mass is 410 g/mol. The van der Waals surface area contributed by atoms with Gasteiger partial charge in [-0.2, -0.15) is 47.9 Å². The SMILES string of the molecule is CC1(C)C=C(OS(=O)(=O)C(F)(F)C(F)(F)C(F)(F)C(F)(F)F)CCO1. The van der Waals surface area contributed by atoms with Gasteiger partial charge in [-0.25, -0.2) is 0 Å². The lowest BCUT2D eigenvalue weighted by molar-refractivity contribution is -0.382. The molecule has 1 heterocycles. The van der Waals surface area contributed by atoms with Gasteiger partial charge in [0.15, 0.2) is 0 Å². The van der Waals surface area contributed by atoms with Gasteiger partial charge >= 0.3 is 33.4 Å². The molecule has 0 saturated heterocycles. The van der Waals surface area contributed by atoms with E-state index >= 15 is 0 Å². The van der Waals surface area contributed by atoms with E-state index in [-0.39, 0.29) is 6.61 Å². The standard InChI is InChI=1S/C11H11F9O4S/c1-7(2)5-6(3-4-23-7)24-25(21,22)11(19,20)9(14,15)8(12,13)10(16,17)18/h5H,3-4H2,1-2H3. The van der Waals surface area contributed by atoms with Crippen molar-refractivity contribution in [3.8, 4) is 0 Å². The van der Waals surface area contributed by atoms with Crippen LogP contribution in [-0.2, 0) is 19.0 Å². The third kappa shape index (κ3) is 3.68. The van der Waals surface area contributed by atoms with Crippen molar-refractivity contribution in [2.45, 2.75) is 49.1 Å². The van der Waals surface area contributed by atoms with Crippen LogP contribution in [0.4, 0.5) is 39.5 Å². The first kappa shape index (κ1) is 21.9. The maximum absolute atomic E-state index is 13.5. The van der Waals surface area contributed by atoms with Gasteiger partial charge in [0.25, 0.3) is 0 Å². The van der Waals surface area contributed by atoms with E-state index in [0.29, 0.717) is 0 Å². The highest BCUT2D eigenvalue weighted by atomic mass is 32.2. The summed E-state index contributed by atoms with van der Waals surface area (Å²) in [6.45, 7) is 2.30. The highest BCUT2D eigenvalue weighted by Gasteiger charge is 2.86. The molecule has 25 heavy (non-hydrogen) atoms. The molecule has 0 atom stereocenters. The molecule has 0 unspecified atom stereocenters. The van der Waals surface area contributed by atoms with Gasteiger partial charge in [0, 0.05) is 6.42 Å². The second-order valence-corrected chi connectivity index (χ2v) is 7.10. The molecule has 0 aromatic heterocycles. The van der Waals surface area contributed by atoms with Crippen molar-refractivity contribution in [1.82, 2.24) is 0 Å². The molecule has 148 valence electrons. The van der Waals surface area contributed by atoms with Gasteiger partial charge < -0.3 is 8.92 Å². The van der Waals surface area contributed by atoms with E-state index in [0.717, 1.165) is 6.08 Å². The Balaban J connectivity index is 3.29. The zero-order valence-electron chi connectivity index (χ0n) is 12.4. The summed E-state index contributed by atoms with van der Waals surface area (Å²) in [5, 5.41) is -6.87. The number of halogens is 9. The van der Waals surface area contributed by atoms with Crippen LogP contribution in [0, 0.1) is 0 Å². The fourth-order valence-corrected chi connectivity index (χ4v) is 2.65. The molecular formula is C11H11F9O4S. The van der Waals surface area contributed by atoms with E-state index in [9.17, 15) is 47.9 Å². The summed E-state index contributed by atoms with van der Waals surface area (Å²) in [4.78, 5) is 0. The molecule has 0 aliphatic carbocycles. The fourth-order valence-electron chi connectivity index (χ4n) is 1.69. The molecule has 14 heteroatoms. The van der Waals surface area contributed by atoms with Crippen molar-refractivity contribution in [3.63, 3.8) is 0 Å². The molecule has 0 fully saturated rings. The third-order valence-corrected chi connectivity index (χ3v) is 4.30. The lowest BCUT2D eigenvalue weighted by Crippen LogP contribution is -2.63. The van der Waals surface area contributed by atoms with Crippen LogP contribution in [0.15, 0.2) is 11.8 Å². The highest BCUT2D eigenvalue weighted by Crippen LogP contribution is 2.55. The minimum atomic E-state index is -7.33. The van der Waals surface area contributed by atoms with Crippen molar-refractivity contribution >= 4 is 10.1 Å². The maximum Gasteiger partial charge on any atom is 0.460 e. The van der Waals surface area contributed by atoms with E-state index in [1.54, 1.807) is 0 Å². The van der Waals surface area contributed by atoms with Crippen molar-refractivity contribution in [3.05, 3.63) is 11.8 Å². The molecule has 0 amide bonds. The molecule has 0 aromatic carbocycles. The number of ether oxygens (including phenoxy) is 1. The van der Waals surface area contributed by atoms with Crippen LogP contribution in [0.2, 0.25) is 0 Å². The van der Waals surface area contributed by atoms with Gasteiger partial charge in [-0.3, -0.25) is 0 Å². The van der Waals surface area contributed by atoms with Gasteiger partial charge in [-0.1, -0.05) is 0 Å². The Hall–Kier alpha value is -1.18. The molecular weight excluding hydrogens is 399 g/mol. The molecule has 0 radical (unpaired) electrons. The van der Waals surface area contributed by atoms with Gasteiger partial charge in [0.1, 0.15) is 5.76 Å². The topological polar surface area (TPSA) is 52.6 Å². The van der Waals surface area contributed by atoms with Crippen molar-refractivity contribution in [1.29, 1.82) is 0 Å². The summed E-state index contributed by atoms with van der Waals surface area (Å²) < 4.78 is 146. The molecule has 4 nitrogen and oxygen atoms in total. The first-order valence-corrected chi connectivity index (χ1v) is 7.69. The summed E-state index contributed by atoms with van der Waals surface area (Å²) in [6.07, 6.45) is -6.86. The highest BCUT2D eigenvalue weighted by molar-refractivity contribution is 7.88. The van der Waals surface area contributed by atoms with Crippen LogP contribution in [0.3, 0.4) is 0 Å². The van der Waals surface area contributed by atoms with Gasteiger partial charge in [-0.15, -0.1) is 0 Å². The molecule has 0 spiro atoms. The van der Waals surface area contributed by atoms with Crippen LogP contribution in [0.1, 0.15) is 20.3 Å². The van der Waals surface area contributed by atoms with E-state index in [4.69, 9.17) is 4.74 Å². The third-order valence-electron chi connectivity index (χ3n) is 2.98. The maximum atomic E-state index is 13.5. The van der Waals surface area contributed by atoms with Crippen LogP contribution in [0.25, 0.3) is 0 Å². The Morgan fingerprint density at radius 1 is 1.00 bits per heavy atom. The lowest BCUT2D eigenvalue weighted by atomic mass is 10.1. The molecule has 0 N–H and O–H groups in total. The predicted octanol–water partition coefficient (Wildman–Crippen LogP) is 3.84. The number of rotatable bonds is 5. The molecule has 0 aromatic rings. The second kappa shape index (κ2) is 5.93. The van der Waals surface area contributed by atoms with Gasteiger partial charge in [-0.05, 0) is 19.9 Å². The van der Waals surface area contributed by atoms with Crippen LogP contribution in [-0.4, -0.2) is 43.9 Å². The van der Waals surface area contributed by atoms with Crippen LogP contribution >= 0.6 is 0 Å². The van der Waals surface area contributed by atoms with E-state index < -0.39 is 51.2 Å². The summed E-state index contributed by atoms with van der Waals surface area (Å²) in [6, 6.07) is 0. The Morgan fingerprint density at radius 2 is 1.48 bits per heavy atom. The Labute approximate surface area is 135 Å². The summed E-state index contributed by atoms with van der Waals surface area (Å²) in [5.41, 5.74) is -1.27. The van der Waals surface area contributed by atoms with Crippen molar-refractivity contribution in [2.24, 2.45) is 0 Å². The van der Waals surface area contributed by atoms with Crippen molar-refractivity contribution < 1.29 is 56.9 Å². The molecule has 0 saturated carbocycles. The summed E-state index contributed by atoms with van der Waals surface area (Å²) in [7, 11) is -6.90. The predicted molar refractivity (Wildman–Crippen MR) is 63.6 cm³/mol. The zero-order chi connectivity index (χ0) is 20.1. The average molecular weight is 410 g/mol. The van der Waals surface area contributed by atoms with Crippen LogP contribution < -0.4 is 0 Å². The second-order valence-electron chi connectivity index (χ2n) is 5.51. The molecule has 0 bridgehead atoms. The minimum Gasteiger partial charge on any atom is -0.383 e. The average Bonchev–Trinajstić information content (AvgIpc) is 2.34.